The highest BCUT2D eigenvalue weighted by atomic mass is 16.4. The number of hydrogen-bond donors (Lipinski definition) is 1. The fourth-order valence-electron chi connectivity index (χ4n) is 5.10. The Hall–Kier alpha value is -1.88. The van der Waals surface area contributed by atoms with Crippen LogP contribution in [0.5, 0.6) is 0 Å². The molecule has 27 heavy (non-hydrogen) atoms. The highest BCUT2D eigenvalue weighted by Crippen LogP contribution is 2.45. The molecule has 0 radical (unpaired) electrons. The number of carbonyl (C=O) groups excluding carboxylic acids is 1. The van der Waals surface area contributed by atoms with Crippen LogP contribution in [-0.4, -0.2) is 52.5 Å². The Morgan fingerprint density at radius 2 is 1.74 bits per heavy atom. The SMILES string of the molecule is Cc1cc(C)cc(CN2CC3(CCN(C(=O)C4CC4)CC3)C[C@@H]2C(=O)O)c1. The summed E-state index contributed by atoms with van der Waals surface area (Å²) in [4.78, 5) is 28.4. The summed E-state index contributed by atoms with van der Waals surface area (Å²) in [5.41, 5.74) is 3.68. The summed E-state index contributed by atoms with van der Waals surface area (Å²) in [6, 6.07) is 6.05. The van der Waals surface area contributed by atoms with Crippen molar-refractivity contribution in [2.75, 3.05) is 19.6 Å². The van der Waals surface area contributed by atoms with Crippen molar-refractivity contribution in [3.05, 3.63) is 34.9 Å². The van der Waals surface area contributed by atoms with Gasteiger partial charge >= 0.3 is 5.97 Å². The number of carboxylic acids is 1. The number of aryl methyl sites for hydroxylation is 2. The number of nitrogens with zero attached hydrogens (tertiary/aromatic N) is 2. The average Bonchev–Trinajstić information content (AvgIpc) is 3.38. The standard InChI is InChI=1S/C22H30N2O3/c1-15-9-16(2)11-17(10-15)13-24-14-22(12-19(24)21(26)27)5-7-23(8-6-22)20(25)18-3-4-18/h9-11,18-19H,3-8,12-14H2,1-2H3,(H,26,27)/t19-/m1/s1. The first-order valence-electron chi connectivity index (χ1n) is 10.2. The van der Waals surface area contributed by atoms with Gasteiger partial charge in [-0.2, -0.15) is 0 Å². The molecule has 4 rings (SSSR count). The van der Waals surface area contributed by atoms with Crippen LogP contribution in [0.4, 0.5) is 0 Å². The number of carboxylic acid groups (broad SMARTS) is 1. The van der Waals surface area contributed by atoms with E-state index in [4.69, 9.17) is 0 Å². The molecule has 1 N–H and O–H groups in total. The third-order valence-corrected chi connectivity index (χ3v) is 6.62. The van der Waals surface area contributed by atoms with Crippen LogP contribution in [0.15, 0.2) is 18.2 Å². The lowest BCUT2D eigenvalue weighted by Crippen LogP contribution is -2.44. The van der Waals surface area contributed by atoms with Crippen LogP contribution >= 0.6 is 0 Å². The Balaban J connectivity index is 1.45. The Kier molecular flexibility index (Phi) is 4.75. The number of piperidine rings is 1. The molecule has 1 spiro atoms. The van der Waals surface area contributed by atoms with Crippen LogP contribution in [0, 0.1) is 25.2 Å². The topological polar surface area (TPSA) is 60.9 Å². The van der Waals surface area contributed by atoms with Crippen LogP contribution in [0.3, 0.4) is 0 Å². The third-order valence-electron chi connectivity index (χ3n) is 6.62. The predicted molar refractivity (Wildman–Crippen MR) is 103 cm³/mol. The summed E-state index contributed by atoms with van der Waals surface area (Å²) in [5.74, 6) is -0.118. The Labute approximate surface area is 161 Å². The van der Waals surface area contributed by atoms with Crippen molar-refractivity contribution in [2.24, 2.45) is 11.3 Å². The van der Waals surface area contributed by atoms with E-state index < -0.39 is 12.0 Å². The van der Waals surface area contributed by atoms with Crippen molar-refractivity contribution in [3.63, 3.8) is 0 Å². The molecule has 5 nitrogen and oxygen atoms in total. The van der Waals surface area contributed by atoms with Crippen LogP contribution in [-0.2, 0) is 16.1 Å². The molecule has 146 valence electrons. The molecule has 1 aliphatic carbocycles. The Bertz CT molecular complexity index is 728. The van der Waals surface area contributed by atoms with Crippen molar-refractivity contribution in [3.8, 4) is 0 Å². The van der Waals surface area contributed by atoms with E-state index in [2.05, 4.69) is 36.9 Å². The van der Waals surface area contributed by atoms with Gasteiger partial charge in [-0.15, -0.1) is 0 Å². The summed E-state index contributed by atoms with van der Waals surface area (Å²) in [5, 5.41) is 9.80. The van der Waals surface area contributed by atoms with Crippen LogP contribution in [0.2, 0.25) is 0 Å². The van der Waals surface area contributed by atoms with Gasteiger partial charge in [-0.25, -0.2) is 0 Å². The fourth-order valence-corrected chi connectivity index (χ4v) is 5.10. The number of benzene rings is 1. The number of likely N-dealkylation sites (tertiary alicyclic amines) is 2. The first kappa shape index (κ1) is 18.5. The van der Waals surface area contributed by atoms with E-state index in [-0.39, 0.29) is 11.3 Å². The van der Waals surface area contributed by atoms with Crippen molar-refractivity contribution in [1.29, 1.82) is 0 Å². The quantitative estimate of drug-likeness (QED) is 0.885. The molecule has 1 aromatic carbocycles. The van der Waals surface area contributed by atoms with Gasteiger partial charge in [-0.3, -0.25) is 14.5 Å². The van der Waals surface area contributed by atoms with E-state index in [9.17, 15) is 14.7 Å². The van der Waals surface area contributed by atoms with Gasteiger partial charge in [0.25, 0.3) is 0 Å². The zero-order valence-corrected chi connectivity index (χ0v) is 16.4. The van der Waals surface area contributed by atoms with Crippen molar-refractivity contribution < 1.29 is 14.7 Å². The predicted octanol–water partition coefficient (Wildman–Crippen LogP) is 2.98. The van der Waals surface area contributed by atoms with Crippen molar-refractivity contribution in [2.45, 2.75) is 58.5 Å². The zero-order chi connectivity index (χ0) is 19.2. The van der Waals surface area contributed by atoms with Gasteiger partial charge in [-0.1, -0.05) is 29.3 Å². The molecule has 1 amide bonds. The number of amides is 1. The highest BCUT2D eigenvalue weighted by Gasteiger charge is 2.49. The van der Waals surface area contributed by atoms with Gasteiger partial charge in [0, 0.05) is 32.1 Å². The number of hydrogen-bond acceptors (Lipinski definition) is 3. The van der Waals surface area contributed by atoms with Gasteiger partial charge in [0.15, 0.2) is 0 Å². The maximum absolute atomic E-state index is 12.3. The van der Waals surface area contributed by atoms with E-state index in [1.54, 1.807) is 0 Å². The normalized spacial score (nSPS) is 25.1. The molecule has 0 aromatic heterocycles. The van der Waals surface area contributed by atoms with Crippen molar-refractivity contribution >= 4 is 11.9 Å². The molecule has 2 saturated heterocycles. The molecular formula is C22H30N2O3. The molecule has 1 saturated carbocycles. The lowest BCUT2D eigenvalue weighted by molar-refractivity contribution is -0.142. The van der Waals surface area contributed by atoms with Gasteiger partial charge in [-0.05, 0) is 56.9 Å². The monoisotopic (exact) mass is 370 g/mol. The van der Waals surface area contributed by atoms with E-state index in [1.165, 1.54) is 16.7 Å². The second kappa shape index (κ2) is 6.93. The molecule has 0 bridgehead atoms. The summed E-state index contributed by atoms with van der Waals surface area (Å²) < 4.78 is 0. The van der Waals surface area contributed by atoms with E-state index in [0.29, 0.717) is 18.9 Å². The van der Waals surface area contributed by atoms with E-state index in [1.807, 2.05) is 4.90 Å². The molecule has 2 aliphatic heterocycles. The largest absolute Gasteiger partial charge is 0.480 e. The summed E-state index contributed by atoms with van der Waals surface area (Å²) >= 11 is 0. The molecule has 2 heterocycles. The summed E-state index contributed by atoms with van der Waals surface area (Å²) in [7, 11) is 0. The third kappa shape index (κ3) is 3.88. The number of aliphatic carboxylic acids is 1. The maximum Gasteiger partial charge on any atom is 0.320 e. The first-order chi connectivity index (χ1) is 12.8. The Morgan fingerprint density at radius 3 is 2.30 bits per heavy atom. The minimum Gasteiger partial charge on any atom is -0.480 e. The van der Waals surface area contributed by atoms with Gasteiger partial charge in [0.1, 0.15) is 6.04 Å². The molecule has 1 atom stereocenters. The molecule has 0 unspecified atom stereocenters. The van der Waals surface area contributed by atoms with Gasteiger partial charge in [0.2, 0.25) is 5.91 Å². The van der Waals surface area contributed by atoms with Gasteiger partial charge < -0.3 is 10.0 Å². The molecule has 1 aromatic rings. The fraction of sp³-hybridized carbons (Fsp3) is 0.636. The number of carbonyl (C=O) groups is 2. The summed E-state index contributed by atoms with van der Waals surface area (Å²) in [6.07, 6.45) is 4.66. The molecular weight excluding hydrogens is 340 g/mol. The Morgan fingerprint density at radius 1 is 1.11 bits per heavy atom. The zero-order valence-electron chi connectivity index (χ0n) is 16.4. The molecule has 3 aliphatic rings. The van der Waals surface area contributed by atoms with Crippen LogP contribution < -0.4 is 0 Å². The maximum atomic E-state index is 12.3. The second-order valence-corrected chi connectivity index (χ2v) is 9.06. The van der Waals surface area contributed by atoms with Crippen LogP contribution in [0.1, 0.15) is 48.8 Å². The van der Waals surface area contributed by atoms with Gasteiger partial charge in [0.05, 0.1) is 0 Å². The van der Waals surface area contributed by atoms with Crippen LogP contribution in [0.25, 0.3) is 0 Å². The molecule has 5 heteroatoms. The first-order valence-corrected chi connectivity index (χ1v) is 10.2. The lowest BCUT2D eigenvalue weighted by Gasteiger charge is -2.39. The molecule has 3 fully saturated rings. The second-order valence-electron chi connectivity index (χ2n) is 9.06. The average molecular weight is 370 g/mol. The summed E-state index contributed by atoms with van der Waals surface area (Å²) in [6.45, 7) is 7.26. The van der Waals surface area contributed by atoms with Crippen molar-refractivity contribution in [1.82, 2.24) is 9.80 Å². The highest BCUT2D eigenvalue weighted by molar-refractivity contribution is 5.81. The smallest absolute Gasteiger partial charge is 0.320 e. The lowest BCUT2D eigenvalue weighted by atomic mass is 9.76. The minimum absolute atomic E-state index is 0.0439. The minimum atomic E-state index is -0.715. The van der Waals surface area contributed by atoms with E-state index >= 15 is 0 Å². The van der Waals surface area contributed by atoms with E-state index in [0.717, 1.165) is 45.3 Å². The number of rotatable bonds is 4.